The maximum absolute atomic E-state index is 11.9. The van der Waals surface area contributed by atoms with Gasteiger partial charge in [0.15, 0.2) is 5.82 Å². The van der Waals surface area contributed by atoms with Gasteiger partial charge in [-0.2, -0.15) is 0 Å². The Bertz CT molecular complexity index is 428. The van der Waals surface area contributed by atoms with Crippen LogP contribution in [0.5, 0.6) is 0 Å². The number of carbonyl (C=O) groups is 1. The molecule has 1 aliphatic heterocycles. The molecular weight excluding hydrogens is 246 g/mol. The third kappa shape index (κ3) is 3.44. The maximum Gasteiger partial charge on any atom is 0.315 e. The van der Waals surface area contributed by atoms with E-state index in [9.17, 15) is 4.79 Å². The number of aromatic nitrogens is 3. The van der Waals surface area contributed by atoms with Crippen LogP contribution in [0.4, 0.5) is 4.79 Å². The van der Waals surface area contributed by atoms with Crippen LogP contribution in [-0.2, 0) is 11.8 Å². The third-order valence-corrected chi connectivity index (χ3v) is 3.36. The topological polar surface area (TPSA) is 81.1 Å². The molecule has 0 bridgehead atoms. The van der Waals surface area contributed by atoms with E-state index in [-0.39, 0.29) is 24.2 Å². The number of urea groups is 1. The molecule has 0 saturated carbocycles. The molecule has 2 heterocycles. The first kappa shape index (κ1) is 13.8. The minimum atomic E-state index is -0.210. The summed E-state index contributed by atoms with van der Waals surface area (Å²) in [6.45, 7) is 4.62. The summed E-state index contributed by atoms with van der Waals surface area (Å²) in [4.78, 5) is 11.9. The highest BCUT2D eigenvalue weighted by molar-refractivity contribution is 5.74. The monoisotopic (exact) mass is 267 g/mol. The van der Waals surface area contributed by atoms with Gasteiger partial charge in [0, 0.05) is 13.7 Å². The third-order valence-electron chi connectivity index (χ3n) is 3.36. The Morgan fingerprint density at radius 1 is 1.53 bits per heavy atom. The van der Waals surface area contributed by atoms with E-state index in [0.717, 1.165) is 25.3 Å². The fraction of sp³-hybridized carbons (Fsp3) is 0.750. The smallest absolute Gasteiger partial charge is 0.315 e. The number of nitrogens with zero attached hydrogens (tertiary/aromatic N) is 3. The molecule has 2 N–H and O–H groups in total. The molecule has 1 aromatic rings. The van der Waals surface area contributed by atoms with Crippen LogP contribution >= 0.6 is 0 Å². The van der Waals surface area contributed by atoms with Gasteiger partial charge in [0.05, 0.1) is 18.2 Å². The normalized spacial score (nSPS) is 21.9. The molecule has 3 atom stereocenters. The molecule has 7 nitrogen and oxygen atoms in total. The van der Waals surface area contributed by atoms with Crippen molar-refractivity contribution in [2.24, 2.45) is 7.05 Å². The first-order valence-corrected chi connectivity index (χ1v) is 6.60. The number of aryl methyl sites for hydroxylation is 1. The number of hydrogen-bond donors (Lipinski definition) is 2. The number of amides is 2. The largest absolute Gasteiger partial charge is 0.376 e. The number of ether oxygens (including phenoxy) is 1. The lowest BCUT2D eigenvalue weighted by Crippen LogP contribution is -2.46. The summed E-state index contributed by atoms with van der Waals surface area (Å²) in [7, 11) is 1.85. The van der Waals surface area contributed by atoms with Crippen LogP contribution in [0.3, 0.4) is 0 Å². The highest BCUT2D eigenvalue weighted by Crippen LogP contribution is 2.15. The zero-order valence-corrected chi connectivity index (χ0v) is 11.6. The van der Waals surface area contributed by atoms with Crippen molar-refractivity contribution in [1.29, 1.82) is 0 Å². The van der Waals surface area contributed by atoms with Gasteiger partial charge in [0.2, 0.25) is 0 Å². The summed E-state index contributed by atoms with van der Waals surface area (Å²) in [6.07, 6.45) is 3.80. The predicted molar refractivity (Wildman–Crippen MR) is 69.5 cm³/mol. The van der Waals surface area contributed by atoms with Gasteiger partial charge in [-0.1, -0.05) is 0 Å². The summed E-state index contributed by atoms with van der Waals surface area (Å²) < 4.78 is 7.33. The van der Waals surface area contributed by atoms with E-state index in [1.54, 1.807) is 10.9 Å². The molecule has 106 valence electrons. The number of carbonyl (C=O) groups excluding carboxylic acids is 1. The lowest BCUT2D eigenvalue weighted by molar-refractivity contribution is 0.0858. The van der Waals surface area contributed by atoms with Crippen molar-refractivity contribution in [2.45, 2.75) is 44.9 Å². The van der Waals surface area contributed by atoms with E-state index in [0.29, 0.717) is 0 Å². The van der Waals surface area contributed by atoms with Crippen molar-refractivity contribution in [3.05, 3.63) is 12.2 Å². The van der Waals surface area contributed by atoms with Gasteiger partial charge < -0.3 is 19.9 Å². The lowest BCUT2D eigenvalue weighted by Gasteiger charge is -2.21. The Morgan fingerprint density at radius 3 is 2.89 bits per heavy atom. The van der Waals surface area contributed by atoms with Gasteiger partial charge in [-0.05, 0) is 26.7 Å². The molecule has 0 aliphatic carbocycles. The van der Waals surface area contributed by atoms with E-state index in [1.807, 2.05) is 20.9 Å². The minimum Gasteiger partial charge on any atom is -0.376 e. The van der Waals surface area contributed by atoms with E-state index >= 15 is 0 Å². The Hall–Kier alpha value is -1.63. The number of rotatable bonds is 4. The molecule has 1 saturated heterocycles. The van der Waals surface area contributed by atoms with Crippen LogP contribution in [0.1, 0.15) is 38.6 Å². The van der Waals surface area contributed by atoms with Crippen molar-refractivity contribution < 1.29 is 9.53 Å². The molecule has 3 unspecified atom stereocenters. The number of nitrogens with one attached hydrogen (secondary N) is 2. The molecule has 0 spiro atoms. The fourth-order valence-electron chi connectivity index (χ4n) is 2.28. The summed E-state index contributed by atoms with van der Waals surface area (Å²) in [6, 6.07) is -0.392. The molecule has 1 aromatic heterocycles. The van der Waals surface area contributed by atoms with Gasteiger partial charge in [-0.25, -0.2) is 4.79 Å². The maximum atomic E-state index is 11.9. The van der Waals surface area contributed by atoms with Crippen LogP contribution in [-0.4, -0.2) is 39.5 Å². The van der Waals surface area contributed by atoms with Crippen molar-refractivity contribution >= 4 is 6.03 Å². The average Bonchev–Trinajstić information content (AvgIpc) is 2.98. The molecule has 19 heavy (non-hydrogen) atoms. The average molecular weight is 267 g/mol. The molecule has 1 aliphatic rings. The highest BCUT2D eigenvalue weighted by atomic mass is 16.5. The van der Waals surface area contributed by atoms with Crippen LogP contribution in [0, 0.1) is 0 Å². The SMILES string of the molecule is CC(NC(=O)NC(C)C1CCCO1)c1nncn1C. The fourth-order valence-corrected chi connectivity index (χ4v) is 2.28. The zero-order chi connectivity index (χ0) is 13.8. The molecular formula is C12H21N5O2. The Kier molecular flexibility index (Phi) is 4.36. The standard InChI is InChI=1S/C12H21N5O2/c1-8(10-5-4-6-19-10)14-12(18)15-9(2)11-16-13-7-17(11)3/h7-10H,4-6H2,1-3H3,(H2,14,15,18). The van der Waals surface area contributed by atoms with Gasteiger partial charge >= 0.3 is 6.03 Å². The highest BCUT2D eigenvalue weighted by Gasteiger charge is 2.24. The summed E-state index contributed by atoms with van der Waals surface area (Å²) in [5.41, 5.74) is 0. The van der Waals surface area contributed by atoms with Crippen LogP contribution in [0.15, 0.2) is 6.33 Å². The summed E-state index contributed by atoms with van der Waals surface area (Å²) in [5, 5.41) is 13.5. The molecule has 7 heteroatoms. The summed E-state index contributed by atoms with van der Waals surface area (Å²) in [5.74, 6) is 0.722. The van der Waals surface area contributed by atoms with E-state index < -0.39 is 0 Å². The van der Waals surface area contributed by atoms with E-state index in [2.05, 4.69) is 20.8 Å². The second kappa shape index (κ2) is 6.01. The molecule has 0 radical (unpaired) electrons. The first-order chi connectivity index (χ1) is 9.08. The summed E-state index contributed by atoms with van der Waals surface area (Å²) >= 11 is 0. The Balaban J connectivity index is 1.82. The molecule has 2 amide bonds. The predicted octanol–water partition coefficient (Wildman–Crippen LogP) is 0.743. The second-order valence-electron chi connectivity index (χ2n) is 4.98. The van der Waals surface area contributed by atoms with Crippen molar-refractivity contribution in [3.63, 3.8) is 0 Å². The second-order valence-corrected chi connectivity index (χ2v) is 4.98. The zero-order valence-electron chi connectivity index (χ0n) is 11.6. The van der Waals surface area contributed by atoms with Crippen molar-refractivity contribution in [2.75, 3.05) is 6.61 Å². The van der Waals surface area contributed by atoms with Gasteiger partial charge in [0.25, 0.3) is 0 Å². The molecule has 1 fully saturated rings. The Labute approximate surface area is 112 Å². The molecule has 2 rings (SSSR count). The first-order valence-electron chi connectivity index (χ1n) is 6.60. The van der Waals surface area contributed by atoms with Gasteiger partial charge in [0.1, 0.15) is 6.33 Å². The van der Waals surface area contributed by atoms with Crippen molar-refractivity contribution in [1.82, 2.24) is 25.4 Å². The van der Waals surface area contributed by atoms with E-state index in [4.69, 9.17) is 4.74 Å². The molecule has 0 aromatic carbocycles. The van der Waals surface area contributed by atoms with Crippen LogP contribution in [0.25, 0.3) is 0 Å². The van der Waals surface area contributed by atoms with Crippen LogP contribution < -0.4 is 10.6 Å². The van der Waals surface area contributed by atoms with Gasteiger partial charge in [-0.3, -0.25) is 0 Å². The quantitative estimate of drug-likeness (QED) is 0.843. The van der Waals surface area contributed by atoms with Crippen LogP contribution in [0.2, 0.25) is 0 Å². The van der Waals surface area contributed by atoms with Crippen molar-refractivity contribution in [3.8, 4) is 0 Å². The van der Waals surface area contributed by atoms with Gasteiger partial charge in [-0.15, -0.1) is 10.2 Å². The Morgan fingerprint density at radius 2 is 2.32 bits per heavy atom. The lowest BCUT2D eigenvalue weighted by atomic mass is 10.1. The number of hydrogen-bond acceptors (Lipinski definition) is 4. The van der Waals surface area contributed by atoms with E-state index in [1.165, 1.54) is 0 Å². The minimum absolute atomic E-state index is 0.00852.